The summed E-state index contributed by atoms with van der Waals surface area (Å²) >= 11 is 0. The molecule has 1 aromatic carbocycles. The molecule has 0 amide bonds. The first-order valence-electron chi connectivity index (χ1n) is 5.12. The first kappa shape index (κ1) is 11.9. The SMILES string of the molecule is CNCCc1onc2ccc(C(F)(F)F)cc12. The van der Waals surface area contributed by atoms with Gasteiger partial charge in [0, 0.05) is 18.4 Å². The Morgan fingerprint density at radius 1 is 1.35 bits per heavy atom. The van der Waals surface area contributed by atoms with Gasteiger partial charge in [0.15, 0.2) is 0 Å². The third-order valence-electron chi connectivity index (χ3n) is 2.48. The van der Waals surface area contributed by atoms with Crippen LogP contribution in [0.2, 0.25) is 0 Å². The van der Waals surface area contributed by atoms with Crippen LogP contribution in [0, 0.1) is 0 Å². The van der Waals surface area contributed by atoms with E-state index in [1.165, 1.54) is 6.07 Å². The van der Waals surface area contributed by atoms with Gasteiger partial charge >= 0.3 is 6.18 Å². The van der Waals surface area contributed by atoms with E-state index in [1.807, 2.05) is 0 Å². The van der Waals surface area contributed by atoms with Gasteiger partial charge in [0.05, 0.1) is 5.56 Å². The number of alkyl halides is 3. The lowest BCUT2D eigenvalue weighted by atomic mass is 10.1. The van der Waals surface area contributed by atoms with Crippen LogP contribution in [-0.4, -0.2) is 18.7 Å². The zero-order chi connectivity index (χ0) is 12.5. The molecule has 0 aliphatic carbocycles. The molecule has 0 aliphatic heterocycles. The van der Waals surface area contributed by atoms with E-state index in [0.29, 0.717) is 29.6 Å². The Balaban J connectivity index is 2.43. The van der Waals surface area contributed by atoms with Crippen molar-refractivity contribution in [3.8, 4) is 0 Å². The number of likely N-dealkylation sites (N-methyl/N-ethyl adjacent to an activating group) is 1. The Morgan fingerprint density at radius 3 is 2.76 bits per heavy atom. The number of nitrogens with one attached hydrogen (secondary N) is 1. The molecule has 2 aromatic rings. The lowest BCUT2D eigenvalue weighted by molar-refractivity contribution is -0.137. The lowest BCUT2D eigenvalue weighted by Crippen LogP contribution is -2.10. The quantitative estimate of drug-likeness (QED) is 0.901. The average Bonchev–Trinajstić information content (AvgIpc) is 2.67. The summed E-state index contributed by atoms with van der Waals surface area (Å²) in [5.41, 5.74) is -0.233. The van der Waals surface area contributed by atoms with Crippen LogP contribution in [0.3, 0.4) is 0 Å². The van der Waals surface area contributed by atoms with Crippen molar-refractivity contribution in [2.75, 3.05) is 13.6 Å². The van der Waals surface area contributed by atoms with Crippen molar-refractivity contribution in [2.24, 2.45) is 0 Å². The monoisotopic (exact) mass is 244 g/mol. The topological polar surface area (TPSA) is 38.1 Å². The summed E-state index contributed by atoms with van der Waals surface area (Å²) < 4.78 is 42.7. The maximum atomic E-state index is 12.5. The van der Waals surface area contributed by atoms with Crippen molar-refractivity contribution in [1.82, 2.24) is 10.5 Å². The highest BCUT2D eigenvalue weighted by Gasteiger charge is 2.31. The molecule has 0 saturated heterocycles. The van der Waals surface area contributed by atoms with Crippen LogP contribution in [0.4, 0.5) is 13.2 Å². The van der Waals surface area contributed by atoms with Gasteiger partial charge in [-0.2, -0.15) is 13.2 Å². The molecular formula is C11H11F3N2O. The van der Waals surface area contributed by atoms with Gasteiger partial charge in [0.25, 0.3) is 0 Å². The molecule has 3 nitrogen and oxygen atoms in total. The molecule has 0 unspecified atom stereocenters. The van der Waals surface area contributed by atoms with Crippen molar-refractivity contribution < 1.29 is 17.7 Å². The number of hydrogen-bond acceptors (Lipinski definition) is 3. The normalized spacial score (nSPS) is 12.2. The first-order chi connectivity index (χ1) is 8.02. The molecule has 1 heterocycles. The Labute approximate surface area is 95.6 Å². The highest BCUT2D eigenvalue weighted by atomic mass is 19.4. The second-order valence-corrected chi connectivity index (χ2v) is 3.69. The molecule has 92 valence electrons. The maximum absolute atomic E-state index is 12.5. The largest absolute Gasteiger partial charge is 0.416 e. The first-order valence-corrected chi connectivity index (χ1v) is 5.12. The predicted octanol–water partition coefficient (Wildman–Crippen LogP) is 2.61. The van der Waals surface area contributed by atoms with Crippen molar-refractivity contribution >= 4 is 10.9 Å². The Hall–Kier alpha value is -1.56. The van der Waals surface area contributed by atoms with E-state index in [1.54, 1.807) is 7.05 Å². The van der Waals surface area contributed by atoms with Gasteiger partial charge in [-0.05, 0) is 25.2 Å². The summed E-state index contributed by atoms with van der Waals surface area (Å²) in [6, 6.07) is 3.41. The van der Waals surface area contributed by atoms with Crippen LogP contribution >= 0.6 is 0 Å². The van der Waals surface area contributed by atoms with Gasteiger partial charge < -0.3 is 9.84 Å². The molecule has 0 fully saturated rings. The molecule has 0 saturated carbocycles. The summed E-state index contributed by atoms with van der Waals surface area (Å²) in [4.78, 5) is 0. The van der Waals surface area contributed by atoms with E-state index in [4.69, 9.17) is 4.52 Å². The van der Waals surface area contributed by atoms with Crippen molar-refractivity contribution in [2.45, 2.75) is 12.6 Å². The molecule has 0 aliphatic rings. The van der Waals surface area contributed by atoms with Crippen molar-refractivity contribution in [3.63, 3.8) is 0 Å². The number of halogens is 3. The minimum absolute atomic E-state index is 0.426. The third kappa shape index (κ3) is 2.41. The molecule has 1 aromatic heterocycles. The van der Waals surface area contributed by atoms with Gasteiger partial charge in [0.2, 0.25) is 0 Å². The zero-order valence-electron chi connectivity index (χ0n) is 9.14. The number of fused-ring (bicyclic) bond motifs is 1. The van der Waals surface area contributed by atoms with E-state index in [9.17, 15) is 13.2 Å². The molecule has 0 atom stereocenters. The van der Waals surface area contributed by atoms with Gasteiger partial charge in [-0.1, -0.05) is 5.16 Å². The predicted molar refractivity (Wildman–Crippen MR) is 56.6 cm³/mol. The molecule has 0 spiro atoms. The number of hydrogen-bond donors (Lipinski definition) is 1. The lowest BCUT2D eigenvalue weighted by Gasteiger charge is -2.05. The van der Waals surface area contributed by atoms with Crippen LogP contribution in [0.5, 0.6) is 0 Å². The molecule has 6 heteroatoms. The fourth-order valence-electron chi connectivity index (χ4n) is 1.59. The van der Waals surface area contributed by atoms with Gasteiger partial charge in [-0.3, -0.25) is 0 Å². The summed E-state index contributed by atoms with van der Waals surface area (Å²) in [6.45, 7) is 0.626. The smallest absolute Gasteiger partial charge is 0.360 e. The van der Waals surface area contributed by atoms with Crippen molar-refractivity contribution in [1.29, 1.82) is 0 Å². The molecule has 0 radical (unpaired) electrons. The second kappa shape index (κ2) is 4.37. The number of nitrogens with zero attached hydrogens (tertiary/aromatic N) is 1. The molecule has 0 bridgehead atoms. The average molecular weight is 244 g/mol. The summed E-state index contributed by atoms with van der Waals surface area (Å²) in [6.07, 6.45) is -3.83. The Bertz CT molecular complexity index is 519. The van der Waals surface area contributed by atoms with E-state index >= 15 is 0 Å². The molecule has 17 heavy (non-hydrogen) atoms. The van der Waals surface area contributed by atoms with Gasteiger partial charge in [-0.15, -0.1) is 0 Å². The Kier molecular flexibility index (Phi) is 3.06. The molecule has 1 N–H and O–H groups in total. The maximum Gasteiger partial charge on any atom is 0.416 e. The number of benzene rings is 1. The van der Waals surface area contributed by atoms with Crippen LogP contribution in [0.15, 0.2) is 22.7 Å². The van der Waals surface area contributed by atoms with Crippen LogP contribution in [0.1, 0.15) is 11.3 Å². The van der Waals surface area contributed by atoms with Crippen LogP contribution in [-0.2, 0) is 12.6 Å². The highest BCUT2D eigenvalue weighted by Crippen LogP contribution is 2.32. The minimum atomic E-state index is -4.34. The van der Waals surface area contributed by atoms with Crippen LogP contribution in [0.25, 0.3) is 10.9 Å². The van der Waals surface area contributed by atoms with E-state index in [-0.39, 0.29) is 0 Å². The van der Waals surface area contributed by atoms with E-state index in [0.717, 1.165) is 12.1 Å². The summed E-state index contributed by atoms with van der Waals surface area (Å²) in [5, 5.41) is 7.06. The Morgan fingerprint density at radius 2 is 2.12 bits per heavy atom. The fourth-order valence-corrected chi connectivity index (χ4v) is 1.59. The third-order valence-corrected chi connectivity index (χ3v) is 2.48. The van der Waals surface area contributed by atoms with Gasteiger partial charge in [0.1, 0.15) is 11.3 Å². The summed E-state index contributed by atoms with van der Waals surface area (Å²) in [5.74, 6) is 0.473. The van der Waals surface area contributed by atoms with Crippen molar-refractivity contribution in [3.05, 3.63) is 29.5 Å². The van der Waals surface area contributed by atoms with E-state index in [2.05, 4.69) is 10.5 Å². The fraction of sp³-hybridized carbons (Fsp3) is 0.364. The second-order valence-electron chi connectivity index (χ2n) is 3.69. The number of aromatic nitrogens is 1. The molecule has 2 rings (SSSR count). The number of rotatable bonds is 3. The van der Waals surface area contributed by atoms with E-state index < -0.39 is 11.7 Å². The standard InChI is InChI=1S/C11H11F3N2O/c1-15-5-4-10-8-6-7(11(12,13)14)2-3-9(8)16-17-10/h2-3,6,15H,4-5H2,1H3. The van der Waals surface area contributed by atoms with Crippen LogP contribution < -0.4 is 5.32 Å². The zero-order valence-corrected chi connectivity index (χ0v) is 9.14. The highest BCUT2D eigenvalue weighted by molar-refractivity contribution is 5.81. The van der Waals surface area contributed by atoms with Gasteiger partial charge in [-0.25, -0.2) is 0 Å². The minimum Gasteiger partial charge on any atom is -0.360 e. The summed E-state index contributed by atoms with van der Waals surface area (Å²) in [7, 11) is 1.76. The molecular weight excluding hydrogens is 233 g/mol.